The molecule has 3 aromatic carbocycles. The average Bonchev–Trinajstić information content (AvgIpc) is 2.91. The van der Waals surface area contributed by atoms with E-state index in [2.05, 4.69) is 5.32 Å². The van der Waals surface area contributed by atoms with Gasteiger partial charge in [-0.25, -0.2) is 4.79 Å². The molecule has 4 aromatic rings. The number of rotatable bonds is 10. The van der Waals surface area contributed by atoms with Crippen LogP contribution in [0, 0.1) is 0 Å². The second kappa shape index (κ2) is 11.6. The fourth-order valence-corrected chi connectivity index (χ4v) is 4.32. The lowest BCUT2D eigenvalue weighted by molar-refractivity contribution is -0.121. The van der Waals surface area contributed by atoms with Crippen molar-refractivity contribution in [1.82, 2.24) is 5.32 Å². The van der Waals surface area contributed by atoms with Gasteiger partial charge < -0.3 is 34.2 Å². The first kappa shape index (κ1) is 26.4. The minimum absolute atomic E-state index is 0.0773. The van der Waals surface area contributed by atoms with Crippen molar-refractivity contribution in [1.29, 1.82) is 0 Å². The van der Waals surface area contributed by atoms with Gasteiger partial charge in [-0.1, -0.05) is 24.3 Å². The number of aromatic hydroxyl groups is 2. The Kier molecular flexibility index (Phi) is 8.06. The van der Waals surface area contributed by atoms with Crippen molar-refractivity contribution in [3.8, 4) is 28.7 Å². The van der Waals surface area contributed by atoms with Crippen molar-refractivity contribution in [2.45, 2.75) is 25.8 Å². The van der Waals surface area contributed by atoms with E-state index in [1.54, 1.807) is 49.6 Å². The van der Waals surface area contributed by atoms with Crippen LogP contribution in [0.5, 0.6) is 28.7 Å². The molecule has 3 N–H and O–H groups in total. The molecule has 0 spiro atoms. The number of fused-ring (bicyclic) bond motifs is 1. The Hall–Kier alpha value is -4.66. The molecule has 9 heteroatoms. The third-order valence-corrected chi connectivity index (χ3v) is 6.18. The second-order valence-electron chi connectivity index (χ2n) is 8.53. The summed E-state index contributed by atoms with van der Waals surface area (Å²) >= 11 is 0. The molecule has 0 radical (unpaired) electrons. The summed E-state index contributed by atoms with van der Waals surface area (Å²) in [6, 6.07) is 16.5. The highest BCUT2D eigenvalue weighted by Crippen LogP contribution is 2.38. The van der Waals surface area contributed by atoms with E-state index < -0.39 is 11.5 Å². The molecule has 198 valence electrons. The summed E-state index contributed by atoms with van der Waals surface area (Å²) in [6.45, 7) is 2.52. The number of para-hydroxylation sites is 1. The largest absolute Gasteiger partial charge is 0.507 e. The zero-order chi connectivity index (χ0) is 27.2. The molecule has 4 rings (SSSR count). The van der Waals surface area contributed by atoms with Crippen LogP contribution in [0.25, 0.3) is 11.0 Å². The number of hydrogen-bond donors (Lipinski definition) is 3. The van der Waals surface area contributed by atoms with Crippen LogP contribution in [0.1, 0.15) is 36.0 Å². The molecule has 0 unspecified atom stereocenters. The van der Waals surface area contributed by atoms with Gasteiger partial charge >= 0.3 is 5.63 Å². The second-order valence-corrected chi connectivity index (χ2v) is 8.53. The van der Waals surface area contributed by atoms with Gasteiger partial charge in [0.05, 0.1) is 31.8 Å². The molecule has 1 aromatic heterocycles. The number of methoxy groups -OCH3 is 2. The predicted molar refractivity (Wildman–Crippen MR) is 141 cm³/mol. The van der Waals surface area contributed by atoms with E-state index in [-0.39, 0.29) is 47.3 Å². The fraction of sp³-hybridized carbons (Fsp3) is 0.241. The van der Waals surface area contributed by atoms with Gasteiger partial charge in [-0.15, -0.1) is 0 Å². The maximum Gasteiger partial charge on any atom is 0.343 e. The molecule has 0 aliphatic carbocycles. The molecule has 0 fully saturated rings. The first-order valence-corrected chi connectivity index (χ1v) is 12.0. The maximum atomic E-state index is 13.1. The number of phenolic OH excluding ortho intramolecular Hbond substituents is 1. The van der Waals surface area contributed by atoms with Gasteiger partial charge in [-0.05, 0) is 54.4 Å². The Morgan fingerprint density at radius 1 is 0.974 bits per heavy atom. The zero-order valence-corrected chi connectivity index (χ0v) is 21.3. The van der Waals surface area contributed by atoms with Gasteiger partial charge in [-0.2, -0.15) is 0 Å². The van der Waals surface area contributed by atoms with Crippen molar-refractivity contribution in [2.24, 2.45) is 0 Å². The molecular formula is C29H29NO8. The quantitative estimate of drug-likeness (QED) is 0.262. The van der Waals surface area contributed by atoms with E-state index in [9.17, 15) is 19.8 Å². The monoisotopic (exact) mass is 519 g/mol. The zero-order valence-electron chi connectivity index (χ0n) is 21.3. The topological polar surface area (TPSA) is 127 Å². The molecule has 38 heavy (non-hydrogen) atoms. The molecule has 1 heterocycles. The molecule has 9 nitrogen and oxygen atoms in total. The van der Waals surface area contributed by atoms with E-state index in [0.717, 1.165) is 5.56 Å². The summed E-state index contributed by atoms with van der Waals surface area (Å²) in [6.07, 6.45) is -0.198. The van der Waals surface area contributed by atoms with Crippen LogP contribution < -0.4 is 25.2 Å². The van der Waals surface area contributed by atoms with Crippen LogP contribution in [0.2, 0.25) is 0 Å². The van der Waals surface area contributed by atoms with E-state index >= 15 is 0 Å². The van der Waals surface area contributed by atoms with Crippen molar-refractivity contribution < 1.29 is 33.6 Å². The van der Waals surface area contributed by atoms with Crippen LogP contribution in [0.4, 0.5) is 0 Å². The van der Waals surface area contributed by atoms with Crippen molar-refractivity contribution in [3.05, 3.63) is 87.8 Å². The molecule has 0 aliphatic rings. The van der Waals surface area contributed by atoms with Gasteiger partial charge in [0.25, 0.3) is 0 Å². The minimum atomic E-state index is -0.914. The summed E-state index contributed by atoms with van der Waals surface area (Å²) in [5, 5.41) is 24.7. The summed E-state index contributed by atoms with van der Waals surface area (Å²) in [7, 11) is 2.97. The number of benzene rings is 3. The number of ether oxygens (including phenoxy) is 3. The molecule has 1 amide bonds. The number of amides is 1. The maximum absolute atomic E-state index is 13.1. The molecule has 0 aliphatic heterocycles. The van der Waals surface area contributed by atoms with Crippen LogP contribution in [-0.4, -0.2) is 36.9 Å². The van der Waals surface area contributed by atoms with E-state index in [1.807, 2.05) is 13.0 Å². The normalized spacial score (nSPS) is 11.7. The van der Waals surface area contributed by atoms with Gasteiger partial charge in [0, 0.05) is 18.9 Å². The standard InChI is InChI=1S/C29H29NO8/c1-4-37-25-13-17(9-11-24(25)36-3)16-30-26(32)15-20(18-10-12-23(35-2)21(31)14-18)27-28(33)19-7-5-6-8-22(19)38-29(27)34/h5-14,20,31,33H,4,15-16H2,1-3H3,(H,30,32)/t20-/m0/s1. The van der Waals surface area contributed by atoms with E-state index in [1.165, 1.54) is 19.2 Å². The first-order chi connectivity index (χ1) is 18.4. The molecule has 0 saturated heterocycles. The SMILES string of the molecule is CCOc1cc(CNC(=O)C[C@@H](c2ccc(OC)c(O)c2)c2c(O)c3ccccc3oc2=O)ccc1OC. The van der Waals surface area contributed by atoms with Gasteiger partial charge in [-0.3, -0.25) is 4.79 Å². The van der Waals surface area contributed by atoms with E-state index in [4.69, 9.17) is 18.6 Å². The summed E-state index contributed by atoms with van der Waals surface area (Å²) in [4.78, 5) is 26.2. The van der Waals surface area contributed by atoms with Gasteiger partial charge in [0.15, 0.2) is 23.0 Å². The third-order valence-electron chi connectivity index (χ3n) is 6.18. The van der Waals surface area contributed by atoms with Crippen LogP contribution in [0.15, 0.2) is 69.9 Å². The lowest BCUT2D eigenvalue weighted by Gasteiger charge is -2.19. The van der Waals surface area contributed by atoms with Crippen LogP contribution in [-0.2, 0) is 11.3 Å². The summed E-state index contributed by atoms with van der Waals surface area (Å²) in [5.74, 6) is -0.361. The highest BCUT2D eigenvalue weighted by Gasteiger charge is 2.28. The average molecular weight is 520 g/mol. The smallest absolute Gasteiger partial charge is 0.343 e. The lowest BCUT2D eigenvalue weighted by Crippen LogP contribution is -2.26. The van der Waals surface area contributed by atoms with Crippen LogP contribution in [0.3, 0.4) is 0 Å². The first-order valence-electron chi connectivity index (χ1n) is 12.0. The Morgan fingerprint density at radius 2 is 1.71 bits per heavy atom. The van der Waals surface area contributed by atoms with E-state index in [0.29, 0.717) is 29.1 Å². The van der Waals surface area contributed by atoms with Crippen molar-refractivity contribution >= 4 is 16.9 Å². The summed E-state index contributed by atoms with van der Waals surface area (Å²) < 4.78 is 21.5. The Balaban J connectivity index is 1.66. The number of nitrogens with one attached hydrogen (secondary N) is 1. The molecule has 1 atom stereocenters. The Bertz CT molecular complexity index is 1510. The predicted octanol–water partition coefficient (Wildman–Crippen LogP) is 4.46. The fourth-order valence-electron chi connectivity index (χ4n) is 4.32. The third kappa shape index (κ3) is 5.51. The number of hydrogen-bond acceptors (Lipinski definition) is 8. The molecule has 0 bridgehead atoms. The van der Waals surface area contributed by atoms with Crippen molar-refractivity contribution in [2.75, 3.05) is 20.8 Å². The minimum Gasteiger partial charge on any atom is -0.507 e. The van der Waals surface area contributed by atoms with Gasteiger partial charge in [0.1, 0.15) is 11.3 Å². The highest BCUT2D eigenvalue weighted by atomic mass is 16.5. The highest BCUT2D eigenvalue weighted by molar-refractivity contribution is 5.85. The Morgan fingerprint density at radius 3 is 2.42 bits per heavy atom. The number of carbonyl (C=O) groups is 1. The summed E-state index contributed by atoms with van der Waals surface area (Å²) in [5.41, 5.74) is 0.593. The number of phenols is 1. The molecule has 0 saturated carbocycles. The van der Waals surface area contributed by atoms with Gasteiger partial charge in [0.2, 0.25) is 5.91 Å². The van der Waals surface area contributed by atoms with Crippen LogP contribution >= 0.6 is 0 Å². The Labute approximate surface area is 219 Å². The number of carbonyl (C=O) groups excluding carboxylic acids is 1. The van der Waals surface area contributed by atoms with Crippen molar-refractivity contribution in [3.63, 3.8) is 0 Å². The lowest BCUT2D eigenvalue weighted by atomic mass is 9.87. The molecular weight excluding hydrogens is 490 g/mol.